The van der Waals surface area contributed by atoms with E-state index in [2.05, 4.69) is 9.97 Å². The Balaban J connectivity index is 2.75. The number of hydrogen-bond donors (Lipinski definition) is 1. The number of aromatic nitrogens is 2. The highest BCUT2D eigenvalue weighted by Gasteiger charge is 2.24. The average Bonchev–Trinajstić information content (AvgIpc) is 2.47. The number of benzene rings is 1. The molecule has 1 aromatic carbocycles. The van der Waals surface area contributed by atoms with Gasteiger partial charge in [-0.2, -0.15) is 0 Å². The molecule has 0 saturated carbocycles. The predicted molar refractivity (Wildman–Crippen MR) is 78.6 cm³/mol. The number of nitrogens with one attached hydrogen (secondary N) is 1. The van der Waals surface area contributed by atoms with E-state index in [9.17, 15) is 21.6 Å². The molecule has 0 aliphatic rings. The maximum atomic E-state index is 14.1. The van der Waals surface area contributed by atoms with Crippen molar-refractivity contribution >= 4 is 33.2 Å². The molecule has 0 fully saturated rings. The summed E-state index contributed by atoms with van der Waals surface area (Å²) in [4.78, 5) is 6.54. The molecule has 0 aliphatic carbocycles. The minimum atomic E-state index is -4.00. The first-order valence-electron chi connectivity index (χ1n) is 5.90. The molecule has 0 radical (unpaired) electrons. The lowest BCUT2D eigenvalue weighted by Gasteiger charge is -2.11. The molecular formula is C12H8Cl2F3N3O2S. The topological polar surface area (TPSA) is 72.0 Å². The highest BCUT2D eigenvalue weighted by Crippen LogP contribution is 2.36. The van der Waals surface area contributed by atoms with Crippen LogP contribution in [0.25, 0.3) is 11.3 Å². The Hall–Kier alpha value is -1.42. The van der Waals surface area contributed by atoms with Crippen molar-refractivity contribution in [1.29, 1.82) is 0 Å². The monoisotopic (exact) mass is 385 g/mol. The van der Waals surface area contributed by atoms with E-state index in [1.807, 2.05) is 4.72 Å². The second-order valence-electron chi connectivity index (χ2n) is 4.19. The van der Waals surface area contributed by atoms with Gasteiger partial charge in [0.2, 0.25) is 10.0 Å². The summed E-state index contributed by atoms with van der Waals surface area (Å²) in [7, 11) is -2.86. The van der Waals surface area contributed by atoms with E-state index in [0.29, 0.717) is 0 Å². The van der Waals surface area contributed by atoms with E-state index >= 15 is 0 Å². The smallest absolute Gasteiger partial charge is 0.235 e. The van der Waals surface area contributed by atoms with Gasteiger partial charge in [-0.15, -0.1) is 0 Å². The predicted octanol–water partition coefficient (Wildman–Crippen LogP) is 3.44. The van der Waals surface area contributed by atoms with Crippen LogP contribution in [0.3, 0.4) is 0 Å². The van der Waals surface area contributed by atoms with Crippen LogP contribution >= 0.6 is 23.2 Å². The fourth-order valence-electron chi connectivity index (χ4n) is 1.75. The van der Waals surface area contributed by atoms with Crippen LogP contribution in [0.15, 0.2) is 23.4 Å². The van der Waals surface area contributed by atoms with Gasteiger partial charge in [-0.05, 0) is 19.2 Å². The molecule has 11 heteroatoms. The van der Waals surface area contributed by atoms with Crippen LogP contribution in [0.5, 0.6) is 0 Å². The van der Waals surface area contributed by atoms with Crippen LogP contribution in [-0.4, -0.2) is 25.4 Å². The van der Waals surface area contributed by atoms with Crippen LogP contribution in [0.2, 0.25) is 10.0 Å². The average molecular weight is 386 g/mol. The molecule has 0 amide bonds. The van der Waals surface area contributed by atoms with Crippen LogP contribution < -0.4 is 4.72 Å². The van der Waals surface area contributed by atoms with E-state index in [1.54, 1.807) is 0 Å². The molecule has 5 nitrogen and oxygen atoms in total. The SMILES string of the molecule is CNS(=O)(=O)c1cc(-c2ncnc(C(F)F)c2Cl)c(F)cc1Cl. The summed E-state index contributed by atoms with van der Waals surface area (Å²) < 4.78 is 65.5. The van der Waals surface area contributed by atoms with Crippen molar-refractivity contribution in [3.8, 4) is 11.3 Å². The van der Waals surface area contributed by atoms with Crippen LogP contribution in [0.4, 0.5) is 13.2 Å². The van der Waals surface area contributed by atoms with Crippen molar-refractivity contribution in [2.24, 2.45) is 0 Å². The van der Waals surface area contributed by atoms with Crippen molar-refractivity contribution in [1.82, 2.24) is 14.7 Å². The van der Waals surface area contributed by atoms with E-state index in [-0.39, 0.29) is 10.7 Å². The third kappa shape index (κ3) is 3.42. The third-order valence-corrected chi connectivity index (χ3v) is 5.11. The second kappa shape index (κ2) is 6.60. The number of halogens is 5. The number of nitrogens with zero attached hydrogens (tertiary/aromatic N) is 2. The summed E-state index contributed by atoms with van der Waals surface area (Å²) in [6.07, 6.45) is -2.22. The summed E-state index contributed by atoms with van der Waals surface area (Å²) in [6, 6.07) is 1.61. The van der Waals surface area contributed by atoms with Gasteiger partial charge in [-0.1, -0.05) is 23.2 Å². The second-order valence-corrected chi connectivity index (χ2v) is 6.83. The maximum absolute atomic E-state index is 14.1. The van der Waals surface area contributed by atoms with Crippen molar-refractivity contribution in [3.05, 3.63) is 40.0 Å². The van der Waals surface area contributed by atoms with Crippen molar-refractivity contribution in [2.45, 2.75) is 11.3 Å². The standard InChI is InChI=1S/C12H8Cl2F3N3O2S/c1-18-23(21,22)8-2-5(7(15)3-6(8)13)10-9(14)11(12(16)17)20-4-19-10/h2-4,12,18H,1H3. The van der Waals surface area contributed by atoms with Gasteiger partial charge in [0.25, 0.3) is 6.43 Å². The summed E-state index contributed by atoms with van der Waals surface area (Å²) in [6.45, 7) is 0. The van der Waals surface area contributed by atoms with E-state index in [4.69, 9.17) is 23.2 Å². The molecule has 1 N–H and O–H groups in total. The molecule has 2 aromatic rings. The first-order valence-corrected chi connectivity index (χ1v) is 8.14. The van der Waals surface area contributed by atoms with Gasteiger partial charge in [-0.25, -0.2) is 36.3 Å². The van der Waals surface area contributed by atoms with Crippen LogP contribution in [0.1, 0.15) is 12.1 Å². The quantitative estimate of drug-likeness (QED) is 0.874. The van der Waals surface area contributed by atoms with Crippen molar-refractivity contribution in [2.75, 3.05) is 7.05 Å². The summed E-state index contributed by atoms with van der Waals surface area (Å²) in [5, 5.41) is -0.948. The summed E-state index contributed by atoms with van der Waals surface area (Å²) in [5.41, 5.74) is -1.54. The summed E-state index contributed by atoms with van der Waals surface area (Å²) in [5.74, 6) is -0.967. The Bertz CT molecular complexity index is 863. The Labute approximate surface area is 139 Å². The minimum Gasteiger partial charge on any atom is -0.235 e. The molecule has 1 heterocycles. The molecule has 1 aromatic heterocycles. The molecule has 0 spiro atoms. The Morgan fingerprint density at radius 1 is 1.22 bits per heavy atom. The molecule has 0 atom stereocenters. The summed E-state index contributed by atoms with van der Waals surface area (Å²) >= 11 is 11.5. The van der Waals surface area contributed by atoms with Crippen LogP contribution in [-0.2, 0) is 10.0 Å². The van der Waals surface area contributed by atoms with Gasteiger partial charge in [0, 0.05) is 5.56 Å². The molecule has 0 saturated heterocycles. The fourth-order valence-corrected chi connectivity index (χ4v) is 3.30. The molecule has 2 rings (SSSR count). The van der Waals surface area contributed by atoms with Crippen molar-refractivity contribution < 1.29 is 21.6 Å². The van der Waals surface area contributed by atoms with Crippen molar-refractivity contribution in [3.63, 3.8) is 0 Å². The number of hydrogen-bond acceptors (Lipinski definition) is 4. The maximum Gasteiger partial charge on any atom is 0.281 e. The van der Waals surface area contributed by atoms with E-state index < -0.39 is 43.4 Å². The zero-order valence-electron chi connectivity index (χ0n) is 11.3. The molecule has 0 unspecified atom stereocenters. The van der Waals surface area contributed by atoms with E-state index in [0.717, 1.165) is 25.5 Å². The van der Waals surface area contributed by atoms with Gasteiger partial charge < -0.3 is 0 Å². The lowest BCUT2D eigenvalue weighted by molar-refractivity contribution is 0.146. The number of rotatable bonds is 4. The van der Waals surface area contributed by atoms with Gasteiger partial charge >= 0.3 is 0 Å². The van der Waals surface area contributed by atoms with Gasteiger partial charge in [0.15, 0.2) is 0 Å². The molecule has 0 aliphatic heterocycles. The van der Waals surface area contributed by atoms with Gasteiger partial charge in [0.05, 0.1) is 15.7 Å². The number of sulfonamides is 1. The lowest BCUT2D eigenvalue weighted by atomic mass is 10.1. The van der Waals surface area contributed by atoms with E-state index in [1.165, 1.54) is 0 Å². The largest absolute Gasteiger partial charge is 0.281 e. The first-order chi connectivity index (χ1) is 10.7. The van der Waals surface area contributed by atoms with Crippen LogP contribution in [0, 0.1) is 5.82 Å². The molecular weight excluding hydrogens is 378 g/mol. The minimum absolute atomic E-state index is 0.362. The Kier molecular flexibility index (Phi) is 5.14. The molecule has 124 valence electrons. The third-order valence-electron chi connectivity index (χ3n) is 2.86. The number of alkyl halides is 2. The zero-order valence-corrected chi connectivity index (χ0v) is 13.6. The highest BCUT2D eigenvalue weighted by atomic mass is 35.5. The normalized spacial score (nSPS) is 12.0. The molecule has 23 heavy (non-hydrogen) atoms. The molecule has 0 bridgehead atoms. The van der Waals surface area contributed by atoms with Gasteiger partial charge in [0.1, 0.15) is 22.7 Å². The first kappa shape index (κ1) is 17.9. The van der Waals surface area contributed by atoms with Gasteiger partial charge in [-0.3, -0.25) is 0 Å². The lowest BCUT2D eigenvalue weighted by Crippen LogP contribution is -2.19. The highest BCUT2D eigenvalue weighted by molar-refractivity contribution is 7.89. The fraction of sp³-hybridized carbons (Fsp3) is 0.167. The Morgan fingerprint density at radius 3 is 2.43 bits per heavy atom. The Morgan fingerprint density at radius 2 is 1.87 bits per heavy atom. The zero-order chi connectivity index (χ0) is 17.4.